The fraction of sp³-hybridized carbons (Fsp3) is 0.0400. The first-order valence-corrected chi connectivity index (χ1v) is 9.65. The van der Waals surface area contributed by atoms with E-state index in [4.69, 9.17) is 4.42 Å². The van der Waals surface area contributed by atoms with Gasteiger partial charge in [0.05, 0.1) is 6.26 Å². The molecule has 0 saturated carbocycles. The molecule has 0 aliphatic heterocycles. The van der Waals surface area contributed by atoms with Gasteiger partial charge in [0.25, 0.3) is 11.8 Å². The molecule has 0 unspecified atom stereocenters. The molecule has 3 aromatic carbocycles. The van der Waals surface area contributed by atoms with E-state index < -0.39 is 0 Å². The third-order valence-corrected chi connectivity index (χ3v) is 5.21. The molecule has 0 atom stereocenters. The molecule has 0 radical (unpaired) electrons. The molecule has 1 aromatic heterocycles. The lowest BCUT2D eigenvalue weighted by atomic mass is 10.1. The summed E-state index contributed by atoms with van der Waals surface area (Å²) < 4.78 is 5.07. The van der Waals surface area contributed by atoms with Gasteiger partial charge in [-0.05, 0) is 77.2 Å². The van der Waals surface area contributed by atoms with E-state index in [1.165, 1.54) is 28.5 Å². The van der Waals surface area contributed by atoms with Gasteiger partial charge in [0.2, 0.25) is 0 Å². The lowest BCUT2D eigenvalue weighted by Gasteiger charge is -2.09. The summed E-state index contributed by atoms with van der Waals surface area (Å²) in [6, 6.07) is 24.3. The van der Waals surface area contributed by atoms with Crippen LogP contribution in [0.25, 0.3) is 11.1 Å². The van der Waals surface area contributed by atoms with E-state index >= 15 is 0 Å². The van der Waals surface area contributed by atoms with E-state index in [1.54, 1.807) is 36.4 Å². The van der Waals surface area contributed by atoms with Crippen molar-refractivity contribution in [3.8, 4) is 11.1 Å². The summed E-state index contributed by atoms with van der Waals surface area (Å²) in [5.74, 6) is -0.309. The van der Waals surface area contributed by atoms with Crippen molar-refractivity contribution in [1.82, 2.24) is 0 Å². The first kappa shape index (κ1) is 17.9. The molecular formula is C25H18N2O3. The van der Waals surface area contributed by atoms with Crippen LogP contribution in [-0.2, 0) is 6.42 Å². The SMILES string of the molecule is O=C(Nc1ccc2c(c1)-c1ccccc1C2)c1ccc(NC(=O)c2ccco2)cc1. The number of benzene rings is 3. The average molecular weight is 394 g/mol. The molecule has 2 N–H and O–H groups in total. The number of carbonyl (C=O) groups is 2. The minimum absolute atomic E-state index is 0.204. The molecule has 0 spiro atoms. The first-order valence-electron chi connectivity index (χ1n) is 9.65. The van der Waals surface area contributed by atoms with Crippen molar-refractivity contribution >= 4 is 23.2 Å². The number of nitrogens with one attached hydrogen (secondary N) is 2. The topological polar surface area (TPSA) is 71.3 Å². The molecule has 0 bridgehead atoms. The number of carbonyl (C=O) groups excluding carboxylic acids is 2. The van der Waals surface area contributed by atoms with Gasteiger partial charge in [-0.25, -0.2) is 0 Å². The van der Waals surface area contributed by atoms with Crippen LogP contribution in [-0.4, -0.2) is 11.8 Å². The van der Waals surface area contributed by atoms with Crippen LogP contribution in [0.3, 0.4) is 0 Å². The monoisotopic (exact) mass is 394 g/mol. The minimum atomic E-state index is -0.337. The molecule has 2 amide bonds. The van der Waals surface area contributed by atoms with Gasteiger partial charge in [-0.3, -0.25) is 9.59 Å². The molecule has 1 aliphatic rings. The zero-order chi connectivity index (χ0) is 20.5. The molecule has 4 aromatic rings. The van der Waals surface area contributed by atoms with Crippen LogP contribution in [0.5, 0.6) is 0 Å². The molecular weight excluding hydrogens is 376 g/mol. The number of furan rings is 1. The fourth-order valence-electron chi connectivity index (χ4n) is 3.71. The predicted octanol–water partition coefficient (Wildman–Crippen LogP) is 5.36. The predicted molar refractivity (Wildman–Crippen MR) is 116 cm³/mol. The molecule has 5 rings (SSSR count). The van der Waals surface area contributed by atoms with Crippen molar-refractivity contribution in [2.24, 2.45) is 0 Å². The third kappa shape index (κ3) is 3.37. The molecule has 30 heavy (non-hydrogen) atoms. The van der Waals surface area contributed by atoms with Gasteiger partial charge >= 0.3 is 0 Å². The number of anilines is 2. The molecule has 5 heteroatoms. The van der Waals surface area contributed by atoms with Crippen molar-refractivity contribution < 1.29 is 14.0 Å². The maximum Gasteiger partial charge on any atom is 0.291 e. The zero-order valence-corrected chi connectivity index (χ0v) is 16.0. The Kier molecular flexibility index (Phi) is 4.41. The summed E-state index contributed by atoms with van der Waals surface area (Å²) >= 11 is 0. The smallest absolute Gasteiger partial charge is 0.291 e. The van der Waals surface area contributed by atoms with Crippen molar-refractivity contribution in [2.75, 3.05) is 10.6 Å². The van der Waals surface area contributed by atoms with Crippen LogP contribution >= 0.6 is 0 Å². The normalized spacial score (nSPS) is 11.5. The Hall–Kier alpha value is -4.12. The van der Waals surface area contributed by atoms with Crippen molar-refractivity contribution in [3.63, 3.8) is 0 Å². The lowest BCUT2D eigenvalue weighted by Crippen LogP contribution is -2.13. The highest BCUT2D eigenvalue weighted by Crippen LogP contribution is 2.37. The van der Waals surface area contributed by atoms with Crippen LogP contribution in [0, 0.1) is 0 Å². The average Bonchev–Trinajstić information content (AvgIpc) is 3.42. The van der Waals surface area contributed by atoms with Crippen molar-refractivity contribution in [3.05, 3.63) is 108 Å². The minimum Gasteiger partial charge on any atom is -0.459 e. The highest BCUT2D eigenvalue weighted by atomic mass is 16.3. The van der Waals surface area contributed by atoms with Gasteiger partial charge in [0.15, 0.2) is 5.76 Å². The molecule has 0 saturated heterocycles. The second-order valence-electron chi connectivity index (χ2n) is 7.17. The Labute approximate surface area is 173 Å². The van der Waals surface area contributed by atoms with Gasteiger partial charge in [-0.1, -0.05) is 30.3 Å². The fourth-order valence-corrected chi connectivity index (χ4v) is 3.71. The van der Waals surface area contributed by atoms with E-state index in [0.717, 1.165) is 12.1 Å². The zero-order valence-electron chi connectivity index (χ0n) is 16.0. The van der Waals surface area contributed by atoms with Crippen LogP contribution < -0.4 is 10.6 Å². The Bertz CT molecular complexity index is 1240. The maximum absolute atomic E-state index is 12.7. The van der Waals surface area contributed by atoms with Gasteiger partial charge in [0.1, 0.15) is 0 Å². The van der Waals surface area contributed by atoms with Crippen LogP contribution in [0.1, 0.15) is 32.0 Å². The van der Waals surface area contributed by atoms with Crippen LogP contribution in [0.4, 0.5) is 11.4 Å². The third-order valence-electron chi connectivity index (χ3n) is 5.21. The van der Waals surface area contributed by atoms with Crippen LogP contribution in [0.2, 0.25) is 0 Å². The highest BCUT2D eigenvalue weighted by Gasteiger charge is 2.18. The number of rotatable bonds is 4. The maximum atomic E-state index is 12.7. The largest absolute Gasteiger partial charge is 0.459 e. The lowest BCUT2D eigenvalue weighted by molar-refractivity contribution is 0.0995. The van der Waals surface area contributed by atoms with Crippen LogP contribution in [0.15, 0.2) is 89.5 Å². The summed E-state index contributed by atoms with van der Waals surface area (Å²) in [4.78, 5) is 24.7. The summed E-state index contributed by atoms with van der Waals surface area (Å²) in [5, 5.41) is 5.69. The number of amides is 2. The van der Waals surface area contributed by atoms with Crippen molar-refractivity contribution in [2.45, 2.75) is 6.42 Å². The molecule has 1 aliphatic carbocycles. The van der Waals surface area contributed by atoms with Gasteiger partial charge < -0.3 is 15.1 Å². The molecule has 0 fully saturated rings. The Balaban J connectivity index is 1.29. The van der Waals surface area contributed by atoms with E-state index in [2.05, 4.69) is 28.8 Å². The van der Waals surface area contributed by atoms with Gasteiger partial charge in [-0.15, -0.1) is 0 Å². The van der Waals surface area contributed by atoms with Gasteiger partial charge in [0, 0.05) is 16.9 Å². The Morgan fingerprint density at radius 2 is 1.43 bits per heavy atom. The van der Waals surface area contributed by atoms with E-state index in [9.17, 15) is 9.59 Å². The summed E-state index contributed by atoms with van der Waals surface area (Å²) in [5.41, 5.74) is 6.81. The summed E-state index contributed by atoms with van der Waals surface area (Å²) in [7, 11) is 0. The quantitative estimate of drug-likeness (QED) is 0.431. The van der Waals surface area contributed by atoms with Gasteiger partial charge in [-0.2, -0.15) is 0 Å². The van der Waals surface area contributed by atoms with Crippen molar-refractivity contribution in [1.29, 1.82) is 0 Å². The van der Waals surface area contributed by atoms with E-state index in [-0.39, 0.29) is 17.6 Å². The Morgan fingerprint density at radius 3 is 2.23 bits per heavy atom. The number of hydrogen-bond acceptors (Lipinski definition) is 3. The molecule has 1 heterocycles. The second kappa shape index (κ2) is 7.37. The van der Waals surface area contributed by atoms with E-state index in [1.807, 2.05) is 24.3 Å². The number of fused-ring (bicyclic) bond motifs is 3. The summed E-state index contributed by atoms with van der Waals surface area (Å²) in [6.07, 6.45) is 2.37. The highest BCUT2D eigenvalue weighted by molar-refractivity contribution is 6.06. The standard InChI is InChI=1S/C25H18N2O3/c28-24(16-7-10-19(11-8-16)26-25(29)23-6-3-13-30-23)27-20-12-9-18-14-17-4-1-2-5-21(17)22(18)15-20/h1-13,15H,14H2,(H,26,29)(H,27,28). The summed E-state index contributed by atoms with van der Waals surface area (Å²) in [6.45, 7) is 0. The first-order chi connectivity index (χ1) is 14.7. The number of hydrogen-bond donors (Lipinski definition) is 2. The second-order valence-corrected chi connectivity index (χ2v) is 7.17. The van der Waals surface area contributed by atoms with E-state index in [0.29, 0.717) is 11.3 Å². The molecule has 146 valence electrons. The molecule has 5 nitrogen and oxygen atoms in total. The Morgan fingerprint density at radius 1 is 0.700 bits per heavy atom.